The van der Waals surface area contributed by atoms with E-state index in [1.807, 2.05) is 0 Å². The third-order valence-electron chi connectivity index (χ3n) is 6.51. The van der Waals surface area contributed by atoms with E-state index >= 15 is 0 Å². The second kappa shape index (κ2) is 17.0. The van der Waals surface area contributed by atoms with Crippen LogP contribution in [0.3, 0.4) is 0 Å². The van der Waals surface area contributed by atoms with E-state index < -0.39 is 48.9 Å². The third kappa shape index (κ3) is 11.4. The fourth-order valence-electron chi connectivity index (χ4n) is 5.00. The van der Waals surface area contributed by atoms with Crippen molar-refractivity contribution in [3.8, 4) is 0 Å². The van der Waals surface area contributed by atoms with E-state index in [0.29, 0.717) is 5.56 Å². The van der Waals surface area contributed by atoms with E-state index in [9.17, 15) is 47.6 Å². The largest absolute Gasteiger partial charge is 0.482 e. The lowest BCUT2D eigenvalue weighted by molar-refractivity contribution is -0.125. The minimum absolute atomic E-state index is 0.0543. The van der Waals surface area contributed by atoms with Gasteiger partial charge < -0.3 is 39.6 Å². The first-order valence-electron chi connectivity index (χ1n) is 13.9. The van der Waals surface area contributed by atoms with Crippen LogP contribution >= 0.6 is 31.3 Å². The molecular weight excluding hydrogens is 728 g/mol. The molecule has 0 aliphatic rings. The number of hydrogen-bond donors (Lipinski definition) is 8. The fourth-order valence-corrected chi connectivity index (χ4v) is 8.81. The van der Waals surface area contributed by atoms with Gasteiger partial charge in [-0.1, -0.05) is 121 Å². The van der Waals surface area contributed by atoms with Crippen LogP contribution in [-0.2, 0) is 53.6 Å². The molecule has 49 heavy (non-hydrogen) atoms. The van der Waals surface area contributed by atoms with Crippen molar-refractivity contribution in [2.24, 2.45) is 0 Å². The topological polar surface area (TPSA) is 267 Å². The van der Waals surface area contributed by atoms with Crippen LogP contribution in [0.25, 0.3) is 0 Å². The average molecular weight is 762 g/mol. The van der Waals surface area contributed by atoms with Crippen LogP contribution in [0.2, 0.25) is 0 Å². The molecule has 0 fully saturated rings. The molecule has 0 aliphatic carbocycles. The third-order valence-corrected chi connectivity index (χ3v) is 10.9. The van der Waals surface area contributed by atoms with Crippen LogP contribution in [0.1, 0.15) is 22.3 Å². The molecule has 0 saturated carbocycles. The lowest BCUT2D eigenvalue weighted by Crippen LogP contribution is -2.54. The normalized spacial score (nSPS) is 15.9. The second-order valence-electron chi connectivity index (χ2n) is 9.98. The molecule has 0 spiro atoms. The van der Waals surface area contributed by atoms with Gasteiger partial charge in [-0.25, -0.2) is 18.3 Å². The highest BCUT2D eigenvalue weighted by atomic mass is 31.3. The maximum absolute atomic E-state index is 13.6. The van der Waals surface area contributed by atoms with E-state index in [0.717, 1.165) is 0 Å². The number of benzene rings is 4. The first kappa shape index (κ1) is 40.7. The summed E-state index contributed by atoms with van der Waals surface area (Å²) in [6.45, 7) is -0.250. The molecule has 0 bridgehead atoms. The van der Waals surface area contributed by atoms with Gasteiger partial charge in [-0.3, -0.25) is 9.05 Å². The Morgan fingerprint density at radius 2 is 0.796 bits per heavy atom. The van der Waals surface area contributed by atoms with Crippen LogP contribution in [0, 0.1) is 0 Å². The van der Waals surface area contributed by atoms with E-state index in [1.165, 1.54) is 72.8 Å². The van der Waals surface area contributed by atoms with Crippen LogP contribution in [-0.4, -0.2) is 52.8 Å². The molecule has 20 heteroatoms. The highest BCUT2D eigenvalue weighted by Gasteiger charge is 2.64. The number of hydrogen-bond acceptors (Lipinski definition) is 10. The van der Waals surface area contributed by atoms with Gasteiger partial charge in [-0.05, 0) is 22.3 Å². The standard InChI is InChI=1S/C27H28O14P4.C2H6O2/c28-42(29,30)40-44(34,35)38-26(23-15-7-2-8-16-23,21-22-13-5-1-6-14-22)27(24-17-9-3-10-18-24,25-19-11-4-12-20-25)39-45(36,37)41-43(31,32)33;3-1-2-4/h1-20H,21H2,(H,34,35)(H,36,37)(H2,28,29,30)(H2,31,32,33);3-4H,1-2H2. The van der Waals surface area contributed by atoms with Gasteiger partial charge in [0.25, 0.3) is 0 Å². The Bertz CT molecular complexity index is 1760. The highest BCUT2D eigenvalue weighted by Crippen LogP contribution is 2.69. The van der Waals surface area contributed by atoms with Crippen molar-refractivity contribution < 1.29 is 75.5 Å². The summed E-state index contributed by atoms with van der Waals surface area (Å²) in [6, 6.07) is 29.9. The molecule has 3 unspecified atom stereocenters. The van der Waals surface area contributed by atoms with Crippen LogP contribution in [0.4, 0.5) is 0 Å². The van der Waals surface area contributed by atoms with Crippen molar-refractivity contribution in [2.45, 2.75) is 17.6 Å². The Balaban J connectivity index is 0.00000154. The summed E-state index contributed by atoms with van der Waals surface area (Å²) in [5.74, 6) is 0. The molecule has 0 amide bonds. The van der Waals surface area contributed by atoms with Gasteiger partial charge in [-0.15, -0.1) is 0 Å². The Hall–Kier alpha value is -2.68. The molecule has 16 nitrogen and oxygen atoms in total. The van der Waals surface area contributed by atoms with Gasteiger partial charge in [0, 0.05) is 6.42 Å². The molecule has 0 aliphatic heterocycles. The van der Waals surface area contributed by atoms with E-state index in [2.05, 4.69) is 8.62 Å². The molecule has 266 valence electrons. The average Bonchev–Trinajstić information content (AvgIpc) is 3.03. The smallest absolute Gasteiger partial charge is 0.394 e. The van der Waals surface area contributed by atoms with Gasteiger partial charge in [0.2, 0.25) is 0 Å². The summed E-state index contributed by atoms with van der Waals surface area (Å²) in [7, 11) is -23.2. The molecule has 8 N–H and O–H groups in total. The zero-order valence-electron chi connectivity index (χ0n) is 25.3. The number of phosphoric acid groups is 4. The van der Waals surface area contributed by atoms with Gasteiger partial charge >= 0.3 is 31.3 Å². The van der Waals surface area contributed by atoms with E-state index in [1.54, 1.807) is 48.5 Å². The Labute approximate surface area is 280 Å². The number of phosphoric ester groups is 2. The summed E-state index contributed by atoms with van der Waals surface area (Å²) in [6.07, 6.45) is -0.535. The quantitative estimate of drug-likeness (QED) is 0.0775. The van der Waals surface area contributed by atoms with Crippen molar-refractivity contribution in [3.63, 3.8) is 0 Å². The van der Waals surface area contributed by atoms with Gasteiger partial charge in [0.1, 0.15) is 5.60 Å². The molecule has 4 rings (SSSR count). The molecule has 0 heterocycles. The maximum atomic E-state index is 13.6. The molecule has 4 aromatic rings. The van der Waals surface area contributed by atoms with Gasteiger partial charge in [-0.2, -0.15) is 8.62 Å². The van der Waals surface area contributed by atoms with Gasteiger partial charge in [0.15, 0.2) is 5.60 Å². The van der Waals surface area contributed by atoms with Crippen molar-refractivity contribution >= 4 is 31.3 Å². The SMILES string of the molecule is O=P(O)(O)OP(=O)(O)OC(Cc1ccccc1)(c1ccccc1)C(OP(=O)(O)OP(=O)(O)O)(c1ccccc1)c1ccccc1.OCCO. The molecule has 3 atom stereocenters. The fraction of sp³-hybridized carbons (Fsp3) is 0.172. The summed E-state index contributed by atoms with van der Waals surface area (Å²) in [4.78, 5) is 59.9. The summed E-state index contributed by atoms with van der Waals surface area (Å²) >= 11 is 0. The van der Waals surface area contributed by atoms with Crippen LogP contribution in [0.5, 0.6) is 0 Å². The Kier molecular flexibility index (Phi) is 14.2. The lowest BCUT2D eigenvalue weighted by atomic mass is 9.67. The van der Waals surface area contributed by atoms with Crippen molar-refractivity contribution in [2.75, 3.05) is 13.2 Å². The predicted octanol–water partition coefficient (Wildman–Crippen LogP) is 4.49. The molecular formula is C29H34O16P4. The van der Waals surface area contributed by atoms with E-state index in [4.69, 9.17) is 19.3 Å². The Morgan fingerprint density at radius 3 is 1.14 bits per heavy atom. The molecule has 0 aromatic heterocycles. The van der Waals surface area contributed by atoms with Crippen molar-refractivity contribution in [3.05, 3.63) is 144 Å². The lowest BCUT2D eigenvalue weighted by Gasteiger charge is -2.50. The van der Waals surface area contributed by atoms with Crippen LogP contribution < -0.4 is 0 Å². The number of rotatable bonds is 15. The summed E-state index contributed by atoms with van der Waals surface area (Å²) < 4.78 is 71.0. The molecule has 4 aromatic carbocycles. The highest BCUT2D eigenvalue weighted by molar-refractivity contribution is 7.61. The summed E-state index contributed by atoms with van der Waals surface area (Å²) in [5, 5.41) is 15.2. The summed E-state index contributed by atoms with van der Waals surface area (Å²) in [5.41, 5.74) is -5.15. The minimum Gasteiger partial charge on any atom is -0.394 e. The molecule has 0 radical (unpaired) electrons. The maximum Gasteiger partial charge on any atom is 0.482 e. The predicted molar refractivity (Wildman–Crippen MR) is 174 cm³/mol. The molecule has 0 saturated heterocycles. The van der Waals surface area contributed by atoms with Gasteiger partial charge in [0.05, 0.1) is 13.2 Å². The first-order chi connectivity index (χ1) is 22.9. The van der Waals surface area contributed by atoms with Crippen molar-refractivity contribution in [1.29, 1.82) is 0 Å². The number of aliphatic hydroxyl groups excluding tert-OH is 2. The first-order valence-corrected chi connectivity index (χ1v) is 20.0. The van der Waals surface area contributed by atoms with Crippen LogP contribution in [0.15, 0.2) is 121 Å². The number of aliphatic hydroxyl groups is 2. The second-order valence-corrected chi connectivity index (χ2v) is 15.5. The Morgan fingerprint density at radius 1 is 0.469 bits per heavy atom. The van der Waals surface area contributed by atoms with E-state index in [-0.39, 0.29) is 29.9 Å². The van der Waals surface area contributed by atoms with Crippen molar-refractivity contribution in [1.82, 2.24) is 0 Å². The minimum atomic E-state index is -5.90. The monoisotopic (exact) mass is 762 g/mol. The zero-order valence-corrected chi connectivity index (χ0v) is 28.9. The zero-order chi connectivity index (χ0) is 36.4.